The van der Waals surface area contributed by atoms with Crippen LogP contribution in [0.5, 0.6) is 11.5 Å². The maximum atomic E-state index is 11.1. The third-order valence-corrected chi connectivity index (χ3v) is 4.65. The summed E-state index contributed by atoms with van der Waals surface area (Å²) in [4.78, 5) is 15.8. The number of hydrogen-bond donors (Lipinski definition) is 1. The number of carbonyl (C=O) groups is 1. The van der Waals surface area contributed by atoms with Crippen LogP contribution in [0.1, 0.15) is 36.0 Å². The second-order valence-electron chi connectivity index (χ2n) is 6.60. The molecule has 0 bridgehead atoms. The molecular weight excluding hydrogens is 342 g/mol. The molecule has 0 unspecified atom stereocenters. The molecule has 27 heavy (non-hydrogen) atoms. The average molecular weight is 367 g/mol. The number of hydrogen-bond acceptors (Lipinski definition) is 5. The van der Waals surface area contributed by atoms with Gasteiger partial charge in [0.1, 0.15) is 0 Å². The molecule has 1 aliphatic heterocycles. The molecule has 2 aromatic rings. The summed E-state index contributed by atoms with van der Waals surface area (Å²) in [6, 6.07) is 13.9. The molecule has 5 nitrogen and oxygen atoms in total. The molecule has 0 amide bonds. The van der Waals surface area contributed by atoms with Crippen LogP contribution in [0.3, 0.4) is 0 Å². The minimum atomic E-state index is -0.211. The van der Waals surface area contributed by atoms with Gasteiger partial charge in [0, 0.05) is 30.7 Å². The summed E-state index contributed by atoms with van der Waals surface area (Å²) in [6.07, 6.45) is 3.40. The van der Waals surface area contributed by atoms with E-state index >= 15 is 0 Å². The van der Waals surface area contributed by atoms with Gasteiger partial charge in [-0.3, -0.25) is 9.79 Å². The lowest BCUT2D eigenvalue weighted by molar-refractivity contribution is -0.140. The molecule has 1 aliphatic rings. The Morgan fingerprint density at radius 2 is 2.00 bits per heavy atom. The van der Waals surface area contributed by atoms with Crippen LogP contribution in [0.15, 0.2) is 47.5 Å². The molecule has 3 rings (SSSR count). The number of rotatable bonds is 8. The average Bonchev–Trinajstić information content (AvgIpc) is 2.69. The fraction of sp³-hybridized carbons (Fsp3) is 0.364. The summed E-state index contributed by atoms with van der Waals surface area (Å²) in [5.41, 5.74) is 4.36. The number of carbonyl (C=O) groups excluding carboxylic acids is 1. The summed E-state index contributed by atoms with van der Waals surface area (Å²) >= 11 is 0. The van der Waals surface area contributed by atoms with E-state index in [2.05, 4.69) is 21.9 Å². The van der Waals surface area contributed by atoms with Gasteiger partial charge >= 0.3 is 5.97 Å². The van der Waals surface area contributed by atoms with Crippen molar-refractivity contribution in [3.8, 4) is 11.5 Å². The van der Waals surface area contributed by atoms with Crippen molar-refractivity contribution in [2.45, 2.75) is 32.1 Å². The normalized spacial score (nSPS) is 12.9. The summed E-state index contributed by atoms with van der Waals surface area (Å²) in [5.74, 6) is 0.411. The first-order valence-corrected chi connectivity index (χ1v) is 9.30. The van der Waals surface area contributed by atoms with E-state index in [1.807, 2.05) is 24.3 Å². The number of phenols is 1. The highest BCUT2D eigenvalue weighted by atomic mass is 16.5. The van der Waals surface area contributed by atoms with E-state index in [9.17, 15) is 9.90 Å². The molecule has 0 saturated carbocycles. The Kier molecular flexibility index (Phi) is 6.47. The summed E-state index contributed by atoms with van der Waals surface area (Å²) < 4.78 is 10.3. The first kappa shape index (κ1) is 19.0. The molecule has 2 aromatic carbocycles. The Hall–Kier alpha value is -2.82. The van der Waals surface area contributed by atoms with Crippen LogP contribution in [-0.4, -0.2) is 37.0 Å². The number of fused-ring (bicyclic) bond motifs is 1. The van der Waals surface area contributed by atoms with Gasteiger partial charge in [-0.1, -0.05) is 30.3 Å². The van der Waals surface area contributed by atoms with Gasteiger partial charge in [0.15, 0.2) is 11.5 Å². The first-order chi connectivity index (χ1) is 13.2. The molecule has 5 heteroatoms. The van der Waals surface area contributed by atoms with Crippen molar-refractivity contribution in [1.29, 1.82) is 0 Å². The molecule has 1 N–H and O–H groups in total. The molecule has 0 radical (unpaired) electrons. The van der Waals surface area contributed by atoms with Crippen molar-refractivity contribution in [2.75, 3.05) is 20.3 Å². The molecule has 0 saturated heterocycles. The number of aromatic hydroxyl groups is 1. The third-order valence-electron chi connectivity index (χ3n) is 4.65. The van der Waals surface area contributed by atoms with Gasteiger partial charge < -0.3 is 14.6 Å². The van der Waals surface area contributed by atoms with Crippen LogP contribution in [-0.2, 0) is 22.4 Å². The molecule has 1 heterocycles. The zero-order valence-corrected chi connectivity index (χ0v) is 15.6. The fourth-order valence-electron chi connectivity index (χ4n) is 3.19. The van der Waals surface area contributed by atoms with Crippen molar-refractivity contribution in [1.82, 2.24) is 0 Å². The standard InChI is InChI=1S/C22H25NO4/c1-26-22(25)9-5-6-12-27-21-14-17-10-11-23-19(18(17)15-20(21)24)13-16-7-3-2-4-8-16/h2-4,7-8,14-15,24H,5-6,9-13H2,1H3. The summed E-state index contributed by atoms with van der Waals surface area (Å²) in [7, 11) is 1.39. The SMILES string of the molecule is COC(=O)CCCCOc1cc2c(cc1O)C(Cc1ccccc1)=NCC2. The fourth-order valence-corrected chi connectivity index (χ4v) is 3.19. The second-order valence-corrected chi connectivity index (χ2v) is 6.60. The van der Waals surface area contributed by atoms with Gasteiger partial charge in [0.2, 0.25) is 0 Å². The Labute approximate surface area is 159 Å². The Bertz CT molecular complexity index is 815. The maximum Gasteiger partial charge on any atom is 0.305 e. The van der Waals surface area contributed by atoms with Crippen molar-refractivity contribution in [3.63, 3.8) is 0 Å². The van der Waals surface area contributed by atoms with Gasteiger partial charge in [-0.15, -0.1) is 0 Å². The van der Waals surface area contributed by atoms with Gasteiger partial charge in [-0.05, 0) is 42.5 Å². The quantitative estimate of drug-likeness (QED) is 0.571. The van der Waals surface area contributed by atoms with E-state index < -0.39 is 0 Å². The van der Waals surface area contributed by atoms with E-state index in [1.165, 1.54) is 12.7 Å². The monoisotopic (exact) mass is 367 g/mol. The van der Waals surface area contributed by atoms with Crippen molar-refractivity contribution >= 4 is 11.7 Å². The number of phenolic OH excluding ortho intramolecular Hbond substituents is 1. The van der Waals surface area contributed by atoms with Crippen molar-refractivity contribution in [2.24, 2.45) is 4.99 Å². The number of ether oxygens (including phenoxy) is 2. The second kappa shape index (κ2) is 9.21. The zero-order chi connectivity index (χ0) is 19.1. The minimum absolute atomic E-state index is 0.129. The molecule has 0 aromatic heterocycles. The van der Waals surface area contributed by atoms with Crippen LogP contribution >= 0.6 is 0 Å². The topological polar surface area (TPSA) is 68.1 Å². The predicted molar refractivity (Wildman–Crippen MR) is 105 cm³/mol. The molecule has 0 spiro atoms. The molecule has 0 fully saturated rings. The Morgan fingerprint density at radius 3 is 2.78 bits per heavy atom. The first-order valence-electron chi connectivity index (χ1n) is 9.30. The predicted octanol–water partition coefficient (Wildman–Crippen LogP) is 3.70. The van der Waals surface area contributed by atoms with Crippen molar-refractivity contribution in [3.05, 3.63) is 59.2 Å². The van der Waals surface area contributed by atoms with Crippen LogP contribution in [0.2, 0.25) is 0 Å². The smallest absolute Gasteiger partial charge is 0.305 e. The summed E-state index contributed by atoms with van der Waals surface area (Å²) in [5, 5.41) is 10.4. The van der Waals surface area contributed by atoms with Crippen LogP contribution in [0.25, 0.3) is 0 Å². The largest absolute Gasteiger partial charge is 0.504 e. The molecule has 0 aliphatic carbocycles. The van der Waals surface area contributed by atoms with Gasteiger partial charge in [0.05, 0.1) is 13.7 Å². The molecule has 142 valence electrons. The number of methoxy groups -OCH3 is 1. The van der Waals surface area contributed by atoms with Crippen LogP contribution in [0.4, 0.5) is 0 Å². The van der Waals surface area contributed by atoms with Crippen LogP contribution < -0.4 is 4.74 Å². The minimum Gasteiger partial charge on any atom is -0.504 e. The van der Waals surface area contributed by atoms with Gasteiger partial charge in [-0.2, -0.15) is 0 Å². The summed E-state index contributed by atoms with van der Waals surface area (Å²) in [6.45, 7) is 1.20. The lowest BCUT2D eigenvalue weighted by Crippen LogP contribution is -2.15. The van der Waals surface area contributed by atoms with E-state index in [0.29, 0.717) is 25.2 Å². The van der Waals surface area contributed by atoms with Gasteiger partial charge in [0.25, 0.3) is 0 Å². The Morgan fingerprint density at radius 1 is 1.19 bits per heavy atom. The highest BCUT2D eigenvalue weighted by Gasteiger charge is 2.18. The van der Waals surface area contributed by atoms with E-state index in [0.717, 1.165) is 42.6 Å². The number of esters is 1. The van der Waals surface area contributed by atoms with E-state index in [1.54, 1.807) is 6.07 Å². The van der Waals surface area contributed by atoms with E-state index in [-0.39, 0.29) is 11.7 Å². The Balaban J connectivity index is 1.63. The highest BCUT2D eigenvalue weighted by molar-refractivity contribution is 6.04. The zero-order valence-electron chi connectivity index (χ0n) is 15.6. The maximum absolute atomic E-state index is 11.1. The highest BCUT2D eigenvalue weighted by Crippen LogP contribution is 2.32. The number of aliphatic imine (C=N–C) groups is 1. The van der Waals surface area contributed by atoms with Gasteiger partial charge in [-0.25, -0.2) is 0 Å². The lowest BCUT2D eigenvalue weighted by Gasteiger charge is -2.19. The number of unbranched alkanes of at least 4 members (excludes halogenated alkanes) is 1. The number of benzene rings is 2. The molecule has 0 atom stereocenters. The number of nitrogens with zero attached hydrogens (tertiary/aromatic N) is 1. The van der Waals surface area contributed by atoms with Crippen LogP contribution in [0, 0.1) is 0 Å². The lowest BCUT2D eigenvalue weighted by atomic mass is 9.93. The third kappa shape index (κ3) is 5.09. The molecular formula is C22H25NO4. The van der Waals surface area contributed by atoms with Crippen molar-refractivity contribution < 1.29 is 19.4 Å². The van der Waals surface area contributed by atoms with E-state index in [4.69, 9.17) is 4.74 Å².